The lowest BCUT2D eigenvalue weighted by Crippen LogP contribution is -2.33. The minimum absolute atomic E-state index is 0.00197. The summed E-state index contributed by atoms with van der Waals surface area (Å²) in [6, 6.07) is 3.36. The molecule has 2 N–H and O–H groups in total. The first-order valence-corrected chi connectivity index (χ1v) is 10.6. The van der Waals surface area contributed by atoms with Gasteiger partial charge in [0.15, 0.2) is 0 Å². The van der Waals surface area contributed by atoms with E-state index in [1.54, 1.807) is 24.0 Å². The number of aryl methyl sites for hydroxylation is 1. The van der Waals surface area contributed by atoms with Crippen LogP contribution in [-0.4, -0.2) is 53.1 Å². The number of hydrogen-bond acceptors (Lipinski definition) is 6. The number of carbonyl (C=O) groups is 1. The number of rotatable bonds is 3. The van der Waals surface area contributed by atoms with Gasteiger partial charge in [0.1, 0.15) is 22.9 Å². The maximum Gasteiger partial charge on any atom is 0.259 e. The summed E-state index contributed by atoms with van der Waals surface area (Å²) in [6.45, 7) is 2.72. The number of benzene rings is 1. The topological polar surface area (TPSA) is 117 Å². The number of pyridine rings is 1. The Balaban J connectivity index is 1.53. The fourth-order valence-electron chi connectivity index (χ4n) is 5.10. The highest BCUT2D eigenvalue weighted by molar-refractivity contribution is 5.99. The molecule has 3 aromatic rings. The van der Waals surface area contributed by atoms with E-state index in [0.29, 0.717) is 47.9 Å². The number of aromatic nitrogens is 3. The SMILES string of the molecule is COc1ccc(OC)c2c(=O)c(C(=O)N3C[C@H]4CCc5c(nc(C)[nH]c5=O)[C@H]4C3)c[nH]c12. The summed E-state index contributed by atoms with van der Waals surface area (Å²) in [5.41, 5.74) is 1.54. The second-order valence-corrected chi connectivity index (χ2v) is 8.38. The summed E-state index contributed by atoms with van der Waals surface area (Å²) < 4.78 is 10.7. The third-order valence-corrected chi connectivity index (χ3v) is 6.64. The Morgan fingerprint density at radius 2 is 1.91 bits per heavy atom. The van der Waals surface area contributed by atoms with E-state index in [1.807, 2.05) is 0 Å². The van der Waals surface area contributed by atoms with Crippen LogP contribution in [0.15, 0.2) is 27.9 Å². The zero-order valence-electron chi connectivity index (χ0n) is 18.2. The maximum absolute atomic E-state index is 13.4. The maximum atomic E-state index is 13.4. The van der Waals surface area contributed by atoms with Crippen molar-refractivity contribution < 1.29 is 14.3 Å². The number of carbonyl (C=O) groups excluding carboxylic acids is 1. The molecule has 166 valence electrons. The summed E-state index contributed by atoms with van der Waals surface area (Å²) in [4.78, 5) is 51.2. The van der Waals surface area contributed by atoms with E-state index in [2.05, 4.69) is 15.0 Å². The van der Waals surface area contributed by atoms with Gasteiger partial charge in [0, 0.05) is 30.8 Å². The molecule has 0 unspecified atom stereocenters. The molecule has 1 saturated heterocycles. The molecule has 1 fully saturated rings. The average Bonchev–Trinajstić information content (AvgIpc) is 3.23. The van der Waals surface area contributed by atoms with Crippen molar-refractivity contribution in [3.05, 3.63) is 61.6 Å². The number of fused-ring (bicyclic) bond motifs is 4. The minimum Gasteiger partial charge on any atom is -0.496 e. The van der Waals surface area contributed by atoms with Gasteiger partial charge in [-0.1, -0.05) is 0 Å². The lowest BCUT2D eigenvalue weighted by Gasteiger charge is -2.25. The number of H-pyrrole nitrogens is 2. The first kappa shape index (κ1) is 20.3. The summed E-state index contributed by atoms with van der Waals surface area (Å²) in [5.74, 6) is 1.32. The molecule has 1 amide bonds. The molecule has 0 radical (unpaired) electrons. The van der Waals surface area contributed by atoms with E-state index in [0.717, 1.165) is 12.1 Å². The van der Waals surface area contributed by atoms with Crippen molar-refractivity contribution in [3.8, 4) is 11.5 Å². The molecule has 0 bridgehead atoms. The Hall–Kier alpha value is -3.62. The lowest BCUT2D eigenvalue weighted by atomic mass is 9.80. The predicted octanol–water partition coefficient (Wildman–Crippen LogP) is 1.74. The molecule has 9 nitrogen and oxygen atoms in total. The third-order valence-electron chi connectivity index (χ3n) is 6.64. The summed E-state index contributed by atoms with van der Waals surface area (Å²) in [5, 5.41) is 0.281. The molecular weight excluding hydrogens is 412 g/mol. The van der Waals surface area contributed by atoms with Crippen LogP contribution in [0, 0.1) is 12.8 Å². The normalized spacial score (nSPS) is 19.5. The Kier molecular flexibility index (Phi) is 4.76. The Morgan fingerprint density at radius 3 is 2.66 bits per heavy atom. The van der Waals surface area contributed by atoms with Crippen LogP contribution >= 0.6 is 0 Å². The van der Waals surface area contributed by atoms with Crippen LogP contribution in [0.1, 0.15) is 39.8 Å². The number of methoxy groups -OCH3 is 2. The molecule has 2 aromatic heterocycles. The summed E-state index contributed by atoms with van der Waals surface area (Å²) in [7, 11) is 3.00. The van der Waals surface area contributed by atoms with Crippen molar-refractivity contribution in [2.75, 3.05) is 27.3 Å². The molecule has 32 heavy (non-hydrogen) atoms. The van der Waals surface area contributed by atoms with E-state index >= 15 is 0 Å². The van der Waals surface area contributed by atoms with Gasteiger partial charge in [0.05, 0.1) is 30.8 Å². The minimum atomic E-state index is -0.403. The number of nitrogens with one attached hydrogen (secondary N) is 2. The molecule has 1 aromatic carbocycles. The number of amides is 1. The molecule has 2 atom stereocenters. The Bertz CT molecular complexity index is 1360. The Morgan fingerprint density at radius 1 is 1.16 bits per heavy atom. The predicted molar refractivity (Wildman–Crippen MR) is 118 cm³/mol. The number of nitrogens with zero attached hydrogens (tertiary/aromatic N) is 2. The van der Waals surface area contributed by atoms with Gasteiger partial charge < -0.3 is 24.3 Å². The second kappa shape index (κ2) is 7.51. The highest BCUT2D eigenvalue weighted by Gasteiger charge is 2.41. The van der Waals surface area contributed by atoms with E-state index in [4.69, 9.17) is 9.47 Å². The number of likely N-dealkylation sites (tertiary alicyclic amines) is 1. The van der Waals surface area contributed by atoms with Crippen LogP contribution < -0.4 is 20.5 Å². The standard InChI is InChI=1S/C23H24N4O5/c1-11-25-19-13(22(29)26-11)5-4-12-9-27(10-15(12)19)23(30)14-8-24-20-17(32-3)7-6-16(31-2)18(20)21(14)28/h6-8,12,15H,4-5,9-10H2,1-3H3,(H,24,28)(H,25,26,29)/t12-,15+/m1/s1. The fourth-order valence-corrected chi connectivity index (χ4v) is 5.10. The van der Waals surface area contributed by atoms with E-state index in [1.165, 1.54) is 20.4 Å². The zero-order chi connectivity index (χ0) is 22.6. The average molecular weight is 436 g/mol. The first-order chi connectivity index (χ1) is 15.4. The van der Waals surface area contributed by atoms with Gasteiger partial charge in [-0.15, -0.1) is 0 Å². The van der Waals surface area contributed by atoms with Crippen LogP contribution in [0.2, 0.25) is 0 Å². The zero-order valence-corrected chi connectivity index (χ0v) is 18.2. The number of ether oxygens (including phenoxy) is 2. The molecule has 3 heterocycles. The van der Waals surface area contributed by atoms with Crippen LogP contribution in [0.3, 0.4) is 0 Å². The largest absolute Gasteiger partial charge is 0.496 e. The monoisotopic (exact) mass is 436 g/mol. The molecule has 1 aliphatic heterocycles. The molecule has 5 rings (SSSR count). The van der Waals surface area contributed by atoms with Gasteiger partial charge >= 0.3 is 0 Å². The van der Waals surface area contributed by atoms with E-state index in [9.17, 15) is 14.4 Å². The number of aromatic amines is 2. The lowest BCUT2D eigenvalue weighted by molar-refractivity contribution is 0.0784. The van der Waals surface area contributed by atoms with Crippen molar-refractivity contribution in [1.82, 2.24) is 19.9 Å². The first-order valence-electron chi connectivity index (χ1n) is 10.6. The number of hydrogen-bond donors (Lipinski definition) is 2. The quantitative estimate of drug-likeness (QED) is 0.646. The van der Waals surface area contributed by atoms with E-state index in [-0.39, 0.29) is 34.3 Å². The highest BCUT2D eigenvalue weighted by Crippen LogP contribution is 2.40. The van der Waals surface area contributed by atoms with Crippen LogP contribution in [0.25, 0.3) is 10.9 Å². The van der Waals surface area contributed by atoms with Gasteiger partial charge in [-0.05, 0) is 37.8 Å². The molecular formula is C23H24N4O5. The van der Waals surface area contributed by atoms with Crippen molar-refractivity contribution in [2.45, 2.75) is 25.7 Å². The molecule has 9 heteroatoms. The van der Waals surface area contributed by atoms with Gasteiger partial charge in [0.25, 0.3) is 11.5 Å². The van der Waals surface area contributed by atoms with E-state index < -0.39 is 5.43 Å². The smallest absolute Gasteiger partial charge is 0.259 e. The molecule has 1 aliphatic carbocycles. The Labute approximate surface area is 183 Å². The van der Waals surface area contributed by atoms with Crippen molar-refractivity contribution in [3.63, 3.8) is 0 Å². The third kappa shape index (κ3) is 2.99. The molecule has 2 aliphatic rings. The van der Waals surface area contributed by atoms with Gasteiger partial charge in [-0.2, -0.15) is 0 Å². The fraction of sp³-hybridized carbons (Fsp3) is 0.391. The second-order valence-electron chi connectivity index (χ2n) is 8.38. The van der Waals surface area contributed by atoms with Crippen molar-refractivity contribution >= 4 is 16.8 Å². The van der Waals surface area contributed by atoms with Crippen LogP contribution in [-0.2, 0) is 6.42 Å². The van der Waals surface area contributed by atoms with Gasteiger partial charge in [-0.25, -0.2) is 4.98 Å². The molecule has 0 saturated carbocycles. The molecule has 0 spiro atoms. The summed E-state index contributed by atoms with van der Waals surface area (Å²) >= 11 is 0. The van der Waals surface area contributed by atoms with Crippen LogP contribution in [0.5, 0.6) is 11.5 Å². The van der Waals surface area contributed by atoms with Gasteiger partial charge in [-0.3, -0.25) is 14.4 Å². The van der Waals surface area contributed by atoms with Crippen molar-refractivity contribution in [2.24, 2.45) is 5.92 Å². The van der Waals surface area contributed by atoms with Gasteiger partial charge in [0.2, 0.25) is 5.43 Å². The highest BCUT2D eigenvalue weighted by atomic mass is 16.5. The van der Waals surface area contributed by atoms with Crippen LogP contribution in [0.4, 0.5) is 0 Å². The van der Waals surface area contributed by atoms with Crippen molar-refractivity contribution in [1.29, 1.82) is 0 Å². The summed E-state index contributed by atoms with van der Waals surface area (Å²) in [6.07, 6.45) is 2.90.